The molecule has 20 heavy (non-hydrogen) atoms. The summed E-state index contributed by atoms with van der Waals surface area (Å²) < 4.78 is 29.0. The normalized spacial score (nSPS) is 17.3. The summed E-state index contributed by atoms with van der Waals surface area (Å²) in [5.41, 5.74) is 1.41. The zero-order valence-corrected chi connectivity index (χ0v) is 11.9. The molecule has 0 fully saturated rings. The average molecular weight is 302 g/mol. The van der Waals surface area contributed by atoms with E-state index >= 15 is 0 Å². The smallest absolute Gasteiger partial charge is 0.223 e. The van der Waals surface area contributed by atoms with E-state index in [0.717, 1.165) is 5.56 Å². The van der Waals surface area contributed by atoms with E-state index in [1.807, 2.05) is 42.5 Å². The van der Waals surface area contributed by atoms with Crippen LogP contribution in [0.4, 0.5) is 0 Å². The maximum absolute atomic E-state index is 11.6. The van der Waals surface area contributed by atoms with Crippen molar-refractivity contribution < 1.29 is 13.2 Å². The minimum absolute atomic E-state index is 0.116. The van der Waals surface area contributed by atoms with E-state index in [0.29, 0.717) is 16.2 Å². The Labute approximate surface area is 123 Å². The van der Waals surface area contributed by atoms with Gasteiger partial charge in [0.1, 0.15) is 10.6 Å². The summed E-state index contributed by atoms with van der Waals surface area (Å²) in [4.78, 5) is 0.443. The van der Waals surface area contributed by atoms with Crippen molar-refractivity contribution in [1.29, 1.82) is 0 Å². The van der Waals surface area contributed by atoms with Crippen LogP contribution in [0, 0.1) is 0 Å². The highest BCUT2D eigenvalue weighted by molar-refractivity contribution is 7.87. The molecule has 0 spiro atoms. The fourth-order valence-electron chi connectivity index (χ4n) is 2.20. The first kappa shape index (κ1) is 13.0. The highest BCUT2D eigenvalue weighted by atomic mass is 32.2. The van der Waals surface area contributed by atoms with E-state index in [2.05, 4.69) is 0 Å². The van der Waals surface area contributed by atoms with Gasteiger partial charge in [0.25, 0.3) is 0 Å². The molecule has 100 valence electrons. The van der Waals surface area contributed by atoms with Crippen LogP contribution in [0.2, 0.25) is 0 Å². The minimum Gasteiger partial charge on any atom is -0.479 e. The van der Waals surface area contributed by atoms with Gasteiger partial charge in [-0.1, -0.05) is 54.7 Å². The summed E-state index contributed by atoms with van der Waals surface area (Å²) in [5, 5.41) is 0. The molecule has 0 aliphatic carbocycles. The maximum atomic E-state index is 11.6. The van der Waals surface area contributed by atoms with Gasteiger partial charge < -0.3 is 4.74 Å². The predicted octanol–water partition coefficient (Wildman–Crippen LogP) is 2.59. The summed E-state index contributed by atoms with van der Waals surface area (Å²) in [5.74, 6) is 0.612. The highest BCUT2D eigenvalue weighted by Crippen LogP contribution is 2.33. The molecular weight excluding hydrogens is 292 g/mol. The number of thiocarbonyl (C=S) groups is 1. The fraction of sp³-hybridized carbons (Fsp3) is 0.0667. The van der Waals surface area contributed by atoms with Gasteiger partial charge in [0.05, 0.1) is 4.86 Å². The Morgan fingerprint density at radius 1 is 0.950 bits per heavy atom. The number of benzene rings is 2. The number of fused-ring (bicyclic) bond motifs is 1. The van der Waals surface area contributed by atoms with Crippen molar-refractivity contribution in [2.24, 2.45) is 0 Å². The standard InChI is InChI=1S/C15H10O3S2/c16-20(17)15-13(10-6-2-1-3-7-10)18-12-9-5-4-8-11(12)14(15)19/h1-9,13H. The zero-order chi connectivity index (χ0) is 14.1. The second kappa shape index (κ2) is 5.19. The predicted molar refractivity (Wildman–Crippen MR) is 81.9 cm³/mol. The molecule has 0 bridgehead atoms. The third kappa shape index (κ3) is 2.15. The molecule has 2 aromatic rings. The number of para-hydroxylation sites is 1. The SMILES string of the molecule is O=S(=O)=C1C(=S)c2ccccc2OC1c1ccccc1. The van der Waals surface area contributed by atoms with Crippen molar-refractivity contribution in [2.75, 3.05) is 0 Å². The van der Waals surface area contributed by atoms with Gasteiger partial charge in [-0.25, -0.2) is 0 Å². The molecule has 1 aliphatic rings. The lowest BCUT2D eigenvalue weighted by Crippen LogP contribution is -2.32. The molecule has 2 aromatic carbocycles. The van der Waals surface area contributed by atoms with Gasteiger partial charge in [-0.15, -0.1) is 0 Å². The van der Waals surface area contributed by atoms with Gasteiger partial charge in [0.15, 0.2) is 6.10 Å². The molecule has 1 heterocycles. The number of hydrogen-bond acceptors (Lipinski definition) is 4. The lowest BCUT2D eigenvalue weighted by atomic mass is 9.97. The Morgan fingerprint density at radius 3 is 2.30 bits per heavy atom. The van der Waals surface area contributed by atoms with Gasteiger partial charge in [-0.2, -0.15) is 8.42 Å². The van der Waals surface area contributed by atoms with Crippen molar-refractivity contribution in [3.05, 3.63) is 65.7 Å². The summed E-state index contributed by atoms with van der Waals surface area (Å²) in [6, 6.07) is 16.4. The summed E-state index contributed by atoms with van der Waals surface area (Å²) >= 11 is 5.33. The van der Waals surface area contributed by atoms with Crippen molar-refractivity contribution >= 4 is 32.2 Å². The van der Waals surface area contributed by atoms with Crippen LogP contribution >= 0.6 is 12.2 Å². The van der Waals surface area contributed by atoms with E-state index in [1.165, 1.54) is 0 Å². The lowest BCUT2D eigenvalue weighted by Gasteiger charge is -2.27. The topological polar surface area (TPSA) is 43.4 Å². The van der Waals surface area contributed by atoms with E-state index in [1.54, 1.807) is 12.1 Å². The molecule has 5 heteroatoms. The monoisotopic (exact) mass is 302 g/mol. The molecule has 0 amide bonds. The minimum atomic E-state index is -2.42. The Morgan fingerprint density at radius 2 is 1.60 bits per heavy atom. The Hall–Kier alpha value is -1.98. The van der Waals surface area contributed by atoms with E-state index in [9.17, 15) is 8.42 Å². The summed E-state index contributed by atoms with van der Waals surface area (Å²) in [6.07, 6.45) is -0.683. The van der Waals surface area contributed by atoms with Crippen molar-refractivity contribution in [1.82, 2.24) is 0 Å². The molecule has 1 atom stereocenters. The second-order valence-corrected chi connectivity index (χ2v) is 5.65. The third-order valence-corrected chi connectivity index (χ3v) is 4.47. The van der Waals surface area contributed by atoms with Crippen LogP contribution in [0.25, 0.3) is 0 Å². The fourth-order valence-corrected chi connectivity index (χ4v) is 3.30. The molecule has 0 N–H and O–H groups in total. The van der Waals surface area contributed by atoms with E-state index in [4.69, 9.17) is 17.0 Å². The lowest BCUT2D eigenvalue weighted by molar-refractivity contribution is 0.274. The molecule has 3 nitrogen and oxygen atoms in total. The van der Waals surface area contributed by atoms with Crippen LogP contribution in [0.15, 0.2) is 54.6 Å². The van der Waals surface area contributed by atoms with Crippen LogP contribution in [0.3, 0.4) is 0 Å². The first-order chi connectivity index (χ1) is 9.68. The van der Waals surface area contributed by atoms with Crippen LogP contribution in [-0.4, -0.2) is 18.1 Å². The van der Waals surface area contributed by atoms with Crippen LogP contribution in [-0.2, 0) is 10.3 Å². The average Bonchev–Trinajstić information content (AvgIpc) is 2.47. The van der Waals surface area contributed by atoms with Gasteiger partial charge in [-0.3, -0.25) is 0 Å². The first-order valence-corrected chi connectivity index (χ1v) is 7.48. The van der Waals surface area contributed by atoms with E-state index < -0.39 is 16.4 Å². The molecule has 0 saturated heterocycles. The van der Waals surface area contributed by atoms with Gasteiger partial charge in [0.2, 0.25) is 10.3 Å². The van der Waals surface area contributed by atoms with Crippen molar-refractivity contribution in [3.8, 4) is 5.75 Å². The molecule has 1 aliphatic heterocycles. The summed E-state index contributed by atoms with van der Waals surface area (Å²) in [7, 11) is -2.42. The van der Waals surface area contributed by atoms with Crippen molar-refractivity contribution in [2.45, 2.75) is 6.10 Å². The largest absolute Gasteiger partial charge is 0.479 e. The zero-order valence-electron chi connectivity index (χ0n) is 10.3. The summed E-state index contributed by atoms with van der Waals surface area (Å²) in [6.45, 7) is 0. The second-order valence-electron chi connectivity index (χ2n) is 4.33. The molecule has 1 unspecified atom stereocenters. The van der Waals surface area contributed by atoms with Gasteiger partial charge in [-0.05, 0) is 17.7 Å². The Balaban J connectivity index is 2.22. The molecule has 0 aromatic heterocycles. The Kier molecular flexibility index (Phi) is 3.38. The van der Waals surface area contributed by atoms with Gasteiger partial charge in [0, 0.05) is 5.56 Å². The third-order valence-electron chi connectivity index (χ3n) is 3.12. The van der Waals surface area contributed by atoms with Crippen molar-refractivity contribution in [3.63, 3.8) is 0 Å². The number of hydrogen-bond donors (Lipinski definition) is 0. The van der Waals surface area contributed by atoms with Crippen LogP contribution in [0.5, 0.6) is 5.75 Å². The van der Waals surface area contributed by atoms with E-state index in [-0.39, 0.29) is 4.86 Å². The molecule has 3 rings (SSSR count). The van der Waals surface area contributed by atoms with Crippen LogP contribution < -0.4 is 4.74 Å². The molecule has 0 saturated carbocycles. The number of rotatable bonds is 1. The maximum Gasteiger partial charge on any atom is 0.223 e. The quantitative estimate of drug-likeness (QED) is 0.760. The Bertz CT molecular complexity index is 800. The molecular formula is C15H10O3S2. The highest BCUT2D eigenvalue weighted by Gasteiger charge is 2.32. The first-order valence-electron chi connectivity index (χ1n) is 6.00. The van der Waals surface area contributed by atoms with Gasteiger partial charge >= 0.3 is 0 Å². The number of ether oxygens (including phenoxy) is 1. The van der Waals surface area contributed by atoms with Crippen LogP contribution in [0.1, 0.15) is 17.2 Å². The molecule has 0 radical (unpaired) electrons.